The molecule has 1 fully saturated rings. The first-order chi connectivity index (χ1) is 16.7. The largest absolute Gasteiger partial charge is 0.352 e. The molecule has 3 aromatic rings. The van der Waals surface area contributed by atoms with Crippen LogP contribution < -0.4 is 14.9 Å². The van der Waals surface area contributed by atoms with Crippen molar-refractivity contribution in [1.29, 1.82) is 0 Å². The van der Waals surface area contributed by atoms with Crippen LogP contribution in [0.15, 0.2) is 65.7 Å². The van der Waals surface area contributed by atoms with Gasteiger partial charge in [0.25, 0.3) is 15.9 Å². The maximum atomic E-state index is 13.4. The molecule has 1 saturated heterocycles. The molecule has 2 heterocycles. The Balaban J connectivity index is 1.67. The van der Waals surface area contributed by atoms with E-state index in [9.17, 15) is 13.2 Å². The predicted molar refractivity (Wildman–Crippen MR) is 138 cm³/mol. The summed E-state index contributed by atoms with van der Waals surface area (Å²) in [5.74, 6) is 0.280. The molecule has 184 valence electrons. The summed E-state index contributed by atoms with van der Waals surface area (Å²) in [7, 11) is -2.17. The lowest BCUT2D eigenvalue weighted by Gasteiger charge is -2.30. The SMILES string of the molecule is Cc1ccc(S(=O)(=O)Nc2cc(C(=O)N(C)Cc3ccccc3)cnc2N2CCNCC2)c(C)c1. The number of nitrogens with one attached hydrogen (secondary N) is 2. The van der Waals surface area contributed by atoms with Gasteiger partial charge in [0.1, 0.15) is 0 Å². The van der Waals surface area contributed by atoms with Crippen LogP contribution in [0.25, 0.3) is 0 Å². The molecule has 1 aliphatic rings. The number of pyridine rings is 1. The minimum atomic E-state index is -3.89. The smallest absolute Gasteiger partial charge is 0.262 e. The van der Waals surface area contributed by atoms with Gasteiger partial charge in [0.2, 0.25) is 0 Å². The predicted octanol–water partition coefficient (Wildman–Crippen LogP) is 3.18. The molecule has 9 heteroatoms. The van der Waals surface area contributed by atoms with E-state index in [0.29, 0.717) is 42.3 Å². The number of benzene rings is 2. The van der Waals surface area contributed by atoms with Crippen molar-refractivity contribution in [3.05, 3.63) is 83.0 Å². The van der Waals surface area contributed by atoms with Crippen LogP contribution in [0.5, 0.6) is 0 Å². The maximum absolute atomic E-state index is 13.4. The molecule has 0 saturated carbocycles. The highest BCUT2D eigenvalue weighted by Crippen LogP contribution is 2.29. The van der Waals surface area contributed by atoms with Crippen LogP contribution in [-0.2, 0) is 16.6 Å². The molecule has 1 amide bonds. The average Bonchev–Trinajstić information content (AvgIpc) is 2.84. The lowest BCUT2D eigenvalue weighted by molar-refractivity contribution is 0.0784. The number of aromatic nitrogens is 1. The molecule has 4 rings (SSSR count). The number of aryl methyl sites for hydroxylation is 2. The van der Waals surface area contributed by atoms with Crippen LogP contribution in [0.1, 0.15) is 27.0 Å². The molecule has 0 aliphatic carbocycles. The number of rotatable bonds is 7. The highest BCUT2D eigenvalue weighted by molar-refractivity contribution is 7.92. The van der Waals surface area contributed by atoms with E-state index in [2.05, 4.69) is 15.0 Å². The standard InChI is InChI=1S/C26H31N5O3S/c1-19-9-10-24(20(2)15-19)35(33,34)29-23-16-22(17-28-25(23)31-13-11-27-12-14-31)26(32)30(3)18-21-7-5-4-6-8-21/h4-10,15-17,27,29H,11-14,18H2,1-3H3. The Hall–Kier alpha value is -3.43. The zero-order valence-corrected chi connectivity index (χ0v) is 21.1. The fraction of sp³-hybridized carbons (Fsp3) is 0.308. The van der Waals surface area contributed by atoms with Gasteiger partial charge in [-0.1, -0.05) is 48.0 Å². The minimum absolute atomic E-state index is 0.201. The van der Waals surface area contributed by atoms with Crippen LogP contribution in [-0.4, -0.2) is 57.4 Å². The van der Waals surface area contributed by atoms with E-state index in [1.165, 1.54) is 6.20 Å². The molecule has 0 spiro atoms. The second-order valence-electron chi connectivity index (χ2n) is 8.85. The van der Waals surface area contributed by atoms with Crippen molar-refractivity contribution >= 4 is 27.4 Å². The summed E-state index contributed by atoms with van der Waals surface area (Å²) < 4.78 is 29.4. The zero-order valence-electron chi connectivity index (χ0n) is 20.3. The topological polar surface area (TPSA) is 94.6 Å². The number of hydrogen-bond donors (Lipinski definition) is 2. The summed E-state index contributed by atoms with van der Waals surface area (Å²) in [6.07, 6.45) is 1.52. The molecule has 1 aromatic heterocycles. The minimum Gasteiger partial charge on any atom is -0.352 e. The molecule has 2 N–H and O–H groups in total. The normalized spacial score (nSPS) is 14.0. The van der Waals surface area contributed by atoms with Gasteiger partial charge in [0, 0.05) is 46.0 Å². The summed E-state index contributed by atoms with van der Waals surface area (Å²) in [6, 6.07) is 16.5. The molecule has 0 bridgehead atoms. The van der Waals surface area contributed by atoms with Crippen molar-refractivity contribution in [2.75, 3.05) is 42.8 Å². The molecule has 0 unspecified atom stereocenters. The zero-order chi connectivity index (χ0) is 25.0. The summed E-state index contributed by atoms with van der Waals surface area (Å²) in [6.45, 7) is 7.04. The Bertz CT molecular complexity index is 1310. The number of carbonyl (C=O) groups excluding carboxylic acids is 1. The number of carbonyl (C=O) groups is 1. The van der Waals surface area contributed by atoms with Gasteiger partial charge < -0.3 is 15.1 Å². The fourth-order valence-corrected chi connectivity index (χ4v) is 5.51. The van der Waals surface area contributed by atoms with Crippen LogP contribution in [0, 0.1) is 13.8 Å². The maximum Gasteiger partial charge on any atom is 0.262 e. The van der Waals surface area contributed by atoms with E-state index in [1.54, 1.807) is 37.1 Å². The quantitative estimate of drug-likeness (QED) is 0.525. The summed E-state index contributed by atoms with van der Waals surface area (Å²) in [5.41, 5.74) is 3.26. The summed E-state index contributed by atoms with van der Waals surface area (Å²) >= 11 is 0. The van der Waals surface area contributed by atoms with Gasteiger partial charge in [-0.25, -0.2) is 13.4 Å². The Labute approximate surface area is 207 Å². The number of amides is 1. The van der Waals surface area contributed by atoms with Crippen LogP contribution in [0.2, 0.25) is 0 Å². The van der Waals surface area contributed by atoms with E-state index in [4.69, 9.17) is 0 Å². The van der Waals surface area contributed by atoms with Gasteiger partial charge >= 0.3 is 0 Å². The number of sulfonamides is 1. The molecule has 0 radical (unpaired) electrons. The Morgan fingerprint density at radius 2 is 1.80 bits per heavy atom. The summed E-state index contributed by atoms with van der Waals surface area (Å²) in [4.78, 5) is 21.6. The molecule has 2 aromatic carbocycles. The van der Waals surface area contributed by atoms with Crippen molar-refractivity contribution in [2.45, 2.75) is 25.3 Å². The van der Waals surface area contributed by atoms with E-state index in [0.717, 1.165) is 24.2 Å². The van der Waals surface area contributed by atoms with Gasteiger partial charge in [-0.3, -0.25) is 9.52 Å². The third-order valence-electron chi connectivity index (χ3n) is 6.00. The first-order valence-corrected chi connectivity index (χ1v) is 13.1. The molecule has 35 heavy (non-hydrogen) atoms. The van der Waals surface area contributed by atoms with Gasteiger partial charge in [-0.2, -0.15) is 0 Å². The number of piperazine rings is 1. The molecule has 0 atom stereocenters. The van der Waals surface area contributed by atoms with Crippen molar-refractivity contribution < 1.29 is 13.2 Å². The van der Waals surface area contributed by atoms with E-state index in [-0.39, 0.29) is 10.8 Å². The molecular formula is C26H31N5O3S. The third-order valence-corrected chi connectivity index (χ3v) is 7.53. The van der Waals surface area contributed by atoms with Gasteiger partial charge in [-0.05, 0) is 37.1 Å². The fourth-order valence-electron chi connectivity index (χ4n) is 4.23. The van der Waals surface area contributed by atoms with E-state index >= 15 is 0 Å². The van der Waals surface area contributed by atoms with Gasteiger partial charge in [0.05, 0.1) is 16.1 Å². The first-order valence-electron chi connectivity index (χ1n) is 11.6. The van der Waals surface area contributed by atoms with E-state index < -0.39 is 10.0 Å². The van der Waals surface area contributed by atoms with E-state index in [1.807, 2.05) is 48.2 Å². The van der Waals surface area contributed by atoms with Gasteiger partial charge in [-0.15, -0.1) is 0 Å². The lowest BCUT2D eigenvalue weighted by atomic mass is 10.2. The average molecular weight is 494 g/mol. The van der Waals surface area contributed by atoms with Crippen LogP contribution in [0.4, 0.5) is 11.5 Å². The second kappa shape index (κ2) is 10.5. The second-order valence-corrected chi connectivity index (χ2v) is 10.5. The molecule has 8 nitrogen and oxygen atoms in total. The highest BCUT2D eigenvalue weighted by Gasteiger charge is 2.24. The highest BCUT2D eigenvalue weighted by atomic mass is 32.2. The van der Waals surface area contributed by atoms with Crippen molar-refractivity contribution in [3.63, 3.8) is 0 Å². The van der Waals surface area contributed by atoms with Crippen molar-refractivity contribution in [1.82, 2.24) is 15.2 Å². The Kier molecular flexibility index (Phi) is 7.37. The third kappa shape index (κ3) is 5.80. The first kappa shape index (κ1) is 24.7. The monoisotopic (exact) mass is 493 g/mol. The number of anilines is 2. The lowest BCUT2D eigenvalue weighted by Crippen LogP contribution is -2.44. The molecular weight excluding hydrogens is 462 g/mol. The van der Waals surface area contributed by atoms with Crippen LogP contribution in [0.3, 0.4) is 0 Å². The Morgan fingerprint density at radius 1 is 1.09 bits per heavy atom. The van der Waals surface area contributed by atoms with Crippen molar-refractivity contribution in [2.24, 2.45) is 0 Å². The number of nitrogens with zero attached hydrogens (tertiary/aromatic N) is 3. The van der Waals surface area contributed by atoms with Crippen molar-refractivity contribution in [3.8, 4) is 0 Å². The van der Waals surface area contributed by atoms with Gasteiger partial charge in [0.15, 0.2) is 5.82 Å². The number of hydrogen-bond acceptors (Lipinski definition) is 6. The Morgan fingerprint density at radius 3 is 2.49 bits per heavy atom. The van der Waals surface area contributed by atoms with Crippen LogP contribution >= 0.6 is 0 Å². The summed E-state index contributed by atoms with van der Waals surface area (Å²) in [5, 5.41) is 3.29. The molecule has 1 aliphatic heterocycles.